The summed E-state index contributed by atoms with van der Waals surface area (Å²) >= 11 is 7.05. The smallest absolute Gasteiger partial charge is 0.138 e. The number of aromatic nitrogens is 1. The van der Waals surface area contributed by atoms with Gasteiger partial charge in [0.25, 0.3) is 0 Å². The fraction of sp³-hybridized carbons (Fsp3) is 0.500. The van der Waals surface area contributed by atoms with E-state index < -0.39 is 0 Å². The summed E-state index contributed by atoms with van der Waals surface area (Å²) in [5.74, 6) is 0.929. The monoisotopic (exact) mass is 283 g/mol. The van der Waals surface area contributed by atoms with Crippen LogP contribution in [0.2, 0.25) is 0 Å². The van der Waals surface area contributed by atoms with Gasteiger partial charge in [-0.1, -0.05) is 30.0 Å². The average Bonchev–Trinajstić information content (AvgIpc) is 2.40. The molecule has 0 aliphatic carbocycles. The summed E-state index contributed by atoms with van der Waals surface area (Å²) < 4.78 is 6.07. The van der Waals surface area contributed by atoms with Crippen LogP contribution in [0.3, 0.4) is 0 Å². The number of thiocarbonyl (C=S) groups is 1. The van der Waals surface area contributed by atoms with Crippen LogP contribution < -0.4 is 0 Å². The molecule has 0 aromatic carbocycles. The number of hydrogen-bond donors (Lipinski definition) is 0. The van der Waals surface area contributed by atoms with Crippen LogP contribution in [0.15, 0.2) is 24.4 Å². The molecule has 0 N–H and O–H groups in total. The Morgan fingerprint density at radius 3 is 3.11 bits per heavy atom. The zero-order valence-corrected chi connectivity index (χ0v) is 12.0. The molecule has 0 atom stereocenters. The van der Waals surface area contributed by atoms with Gasteiger partial charge in [-0.25, -0.2) is 0 Å². The van der Waals surface area contributed by atoms with Crippen LogP contribution in [0.25, 0.3) is 0 Å². The van der Waals surface area contributed by atoms with Crippen molar-refractivity contribution in [3.63, 3.8) is 0 Å². The molecule has 0 saturated carbocycles. The third-order valence-corrected chi connectivity index (χ3v) is 4.29. The minimum Gasteiger partial charge on any atom is -0.383 e. The Hall–Kier alpha value is -0.690. The number of methoxy groups -OCH3 is 1. The average molecular weight is 283 g/mol. The molecule has 2 heterocycles. The Morgan fingerprint density at radius 2 is 2.39 bits per heavy atom. The van der Waals surface area contributed by atoms with E-state index in [9.17, 15) is 0 Å². The van der Waals surface area contributed by atoms with E-state index in [2.05, 4.69) is 20.9 Å². The van der Waals surface area contributed by atoms with Crippen molar-refractivity contribution in [2.24, 2.45) is 0 Å². The first-order valence-corrected chi connectivity index (χ1v) is 7.22. The van der Waals surface area contributed by atoms with Crippen molar-refractivity contribution >= 4 is 28.3 Å². The van der Waals surface area contributed by atoms with E-state index in [1.165, 1.54) is 0 Å². The first-order valence-electron chi connectivity index (χ1n) is 5.82. The number of hydrogen-bond acceptors (Lipinski definition) is 5. The van der Waals surface area contributed by atoms with Gasteiger partial charge in [0.15, 0.2) is 0 Å². The van der Waals surface area contributed by atoms with Gasteiger partial charge < -0.3 is 9.64 Å². The van der Waals surface area contributed by atoms with Crippen LogP contribution in [-0.4, -0.2) is 51.9 Å². The second-order valence-electron chi connectivity index (χ2n) is 4.09. The molecule has 4 nitrogen and oxygen atoms in total. The van der Waals surface area contributed by atoms with Crippen LogP contribution in [-0.2, 0) is 11.3 Å². The minimum atomic E-state index is 0.706. The van der Waals surface area contributed by atoms with Gasteiger partial charge in [-0.15, -0.1) is 0 Å². The van der Waals surface area contributed by atoms with Crippen LogP contribution in [0.4, 0.5) is 0 Å². The Labute approximate surface area is 117 Å². The molecule has 18 heavy (non-hydrogen) atoms. The van der Waals surface area contributed by atoms with Crippen molar-refractivity contribution < 1.29 is 4.74 Å². The van der Waals surface area contributed by atoms with E-state index in [0.29, 0.717) is 6.61 Å². The van der Waals surface area contributed by atoms with Crippen molar-refractivity contribution in [3.8, 4) is 0 Å². The lowest BCUT2D eigenvalue weighted by Crippen LogP contribution is -2.45. The number of ether oxygens (including phenoxy) is 1. The largest absolute Gasteiger partial charge is 0.383 e. The van der Waals surface area contributed by atoms with Gasteiger partial charge in [0.05, 0.1) is 24.8 Å². The normalized spacial score (nSPS) is 17.2. The first-order chi connectivity index (χ1) is 8.79. The van der Waals surface area contributed by atoms with E-state index in [4.69, 9.17) is 17.0 Å². The molecule has 0 unspecified atom stereocenters. The van der Waals surface area contributed by atoms with Crippen LogP contribution in [0, 0.1) is 0 Å². The van der Waals surface area contributed by atoms with E-state index in [0.717, 1.165) is 35.6 Å². The molecule has 0 spiro atoms. The summed E-state index contributed by atoms with van der Waals surface area (Å²) in [6, 6.07) is 6.01. The zero-order chi connectivity index (χ0) is 12.8. The summed E-state index contributed by atoms with van der Waals surface area (Å²) in [6.07, 6.45) is 1.83. The maximum absolute atomic E-state index is 5.35. The van der Waals surface area contributed by atoms with E-state index in [1.807, 2.05) is 18.3 Å². The quantitative estimate of drug-likeness (QED) is 0.765. The third kappa shape index (κ3) is 3.91. The molecule has 1 fully saturated rings. The fourth-order valence-corrected chi connectivity index (χ4v) is 2.86. The maximum Gasteiger partial charge on any atom is 0.138 e. The van der Waals surface area contributed by atoms with Crippen molar-refractivity contribution in [2.75, 3.05) is 32.8 Å². The second-order valence-corrected chi connectivity index (χ2v) is 5.67. The summed E-state index contributed by atoms with van der Waals surface area (Å²) in [6.45, 7) is 3.27. The van der Waals surface area contributed by atoms with Gasteiger partial charge in [-0.3, -0.25) is 9.88 Å². The molecule has 0 amide bonds. The minimum absolute atomic E-state index is 0.706. The van der Waals surface area contributed by atoms with Crippen molar-refractivity contribution in [2.45, 2.75) is 6.54 Å². The van der Waals surface area contributed by atoms with Crippen molar-refractivity contribution in [1.29, 1.82) is 0 Å². The van der Waals surface area contributed by atoms with Crippen molar-refractivity contribution in [3.05, 3.63) is 30.1 Å². The summed E-state index contributed by atoms with van der Waals surface area (Å²) in [5.41, 5.74) is 1.10. The zero-order valence-electron chi connectivity index (χ0n) is 10.4. The predicted octanol–water partition coefficient (Wildman–Crippen LogP) is 1.78. The van der Waals surface area contributed by atoms with Crippen LogP contribution >= 0.6 is 24.0 Å². The van der Waals surface area contributed by atoms with Gasteiger partial charge in [0, 0.05) is 26.4 Å². The third-order valence-electron chi connectivity index (χ3n) is 2.68. The number of nitrogens with zero attached hydrogens (tertiary/aromatic N) is 3. The topological polar surface area (TPSA) is 28.6 Å². The maximum atomic E-state index is 5.35. The number of pyridine rings is 1. The molecule has 1 aromatic rings. The van der Waals surface area contributed by atoms with Gasteiger partial charge >= 0.3 is 0 Å². The second kappa shape index (κ2) is 7.04. The molecular formula is C12H17N3OS2. The Kier molecular flexibility index (Phi) is 5.37. The summed E-state index contributed by atoms with van der Waals surface area (Å²) in [7, 11) is 1.71. The molecule has 98 valence electrons. The molecule has 0 bridgehead atoms. The first kappa shape index (κ1) is 13.7. The summed E-state index contributed by atoms with van der Waals surface area (Å²) in [4.78, 5) is 8.86. The highest BCUT2D eigenvalue weighted by Gasteiger charge is 2.21. The van der Waals surface area contributed by atoms with Gasteiger partial charge in [0.1, 0.15) is 4.32 Å². The van der Waals surface area contributed by atoms with Crippen LogP contribution in [0.5, 0.6) is 0 Å². The lowest BCUT2D eigenvalue weighted by Gasteiger charge is -2.36. The van der Waals surface area contributed by atoms with E-state index in [-0.39, 0.29) is 0 Å². The molecule has 1 aliphatic rings. The standard InChI is InChI=1S/C12H17N3OS2/c1-16-7-6-15-9-14(10-18-12(15)17)8-11-4-2-3-5-13-11/h2-5H,6-10H2,1H3. The van der Waals surface area contributed by atoms with Gasteiger partial charge in [-0.05, 0) is 12.1 Å². The Balaban J connectivity index is 1.89. The molecule has 2 rings (SSSR count). The SMILES string of the molecule is COCCN1CN(Cc2ccccn2)CSC1=S. The van der Waals surface area contributed by atoms with Crippen LogP contribution in [0.1, 0.15) is 5.69 Å². The Morgan fingerprint density at radius 1 is 1.50 bits per heavy atom. The highest BCUT2D eigenvalue weighted by atomic mass is 32.2. The number of rotatable bonds is 5. The molecule has 1 aromatic heterocycles. The molecule has 0 radical (unpaired) electrons. The molecule has 6 heteroatoms. The predicted molar refractivity (Wildman–Crippen MR) is 78.3 cm³/mol. The molecule has 1 saturated heterocycles. The Bertz CT molecular complexity index is 388. The van der Waals surface area contributed by atoms with Gasteiger partial charge in [-0.2, -0.15) is 0 Å². The highest BCUT2D eigenvalue weighted by Crippen LogP contribution is 2.19. The van der Waals surface area contributed by atoms with Crippen molar-refractivity contribution in [1.82, 2.24) is 14.8 Å². The van der Waals surface area contributed by atoms with E-state index in [1.54, 1.807) is 18.9 Å². The number of thioether (sulfide) groups is 1. The lowest BCUT2D eigenvalue weighted by molar-refractivity contribution is 0.143. The highest BCUT2D eigenvalue weighted by molar-refractivity contribution is 8.22. The summed E-state index contributed by atoms with van der Waals surface area (Å²) in [5, 5.41) is 0. The van der Waals surface area contributed by atoms with Gasteiger partial charge in [0.2, 0.25) is 0 Å². The molecular weight excluding hydrogens is 266 g/mol. The molecule has 1 aliphatic heterocycles. The van der Waals surface area contributed by atoms with E-state index >= 15 is 0 Å². The lowest BCUT2D eigenvalue weighted by atomic mass is 10.3. The fourth-order valence-electron chi connectivity index (χ4n) is 1.76.